The molecular formula is C22H20ClN5O3. The molecule has 1 aromatic carbocycles. The zero-order valence-corrected chi connectivity index (χ0v) is 17.7. The van der Waals surface area contributed by atoms with E-state index in [1.54, 1.807) is 29.8 Å². The topological polar surface area (TPSA) is 120 Å². The van der Waals surface area contributed by atoms with E-state index in [0.717, 1.165) is 29.4 Å². The van der Waals surface area contributed by atoms with Crippen molar-refractivity contribution in [2.45, 2.75) is 25.8 Å². The van der Waals surface area contributed by atoms with E-state index in [2.05, 4.69) is 22.5 Å². The van der Waals surface area contributed by atoms with Gasteiger partial charge in [-0.2, -0.15) is 5.26 Å². The van der Waals surface area contributed by atoms with Crippen molar-refractivity contribution >= 4 is 45.5 Å². The van der Waals surface area contributed by atoms with Gasteiger partial charge in [0.25, 0.3) is 5.56 Å². The number of rotatable bonds is 6. The van der Waals surface area contributed by atoms with Gasteiger partial charge in [0.1, 0.15) is 16.8 Å². The molecule has 2 heterocycles. The maximum Gasteiger partial charge on any atom is 0.354 e. The Morgan fingerprint density at radius 1 is 1.35 bits per heavy atom. The molecule has 0 saturated heterocycles. The number of fused-ring (bicyclic) bond motifs is 1. The van der Waals surface area contributed by atoms with Crippen molar-refractivity contribution in [2.24, 2.45) is 13.0 Å². The number of aromatic carboxylic acids is 1. The number of nitrogens with one attached hydrogen (secondary N) is 2. The zero-order valence-electron chi connectivity index (χ0n) is 16.9. The van der Waals surface area contributed by atoms with E-state index >= 15 is 0 Å². The highest BCUT2D eigenvalue weighted by atomic mass is 35.5. The Hall–Kier alpha value is -3.57. The molecule has 0 bridgehead atoms. The molecule has 158 valence electrons. The Balaban J connectivity index is 1.78. The molecule has 4 rings (SSSR count). The molecule has 1 aliphatic carbocycles. The largest absolute Gasteiger partial charge is 0.477 e. The van der Waals surface area contributed by atoms with Crippen molar-refractivity contribution in [3.63, 3.8) is 0 Å². The third-order valence-corrected chi connectivity index (χ3v) is 5.89. The normalized spacial score (nSPS) is 17.2. The molecule has 1 aliphatic rings. The first kappa shape index (κ1) is 20.7. The van der Waals surface area contributed by atoms with Gasteiger partial charge in [0, 0.05) is 35.9 Å². The van der Waals surface area contributed by atoms with Crippen molar-refractivity contribution in [1.82, 2.24) is 9.55 Å². The van der Waals surface area contributed by atoms with Crippen LogP contribution in [0.15, 0.2) is 35.1 Å². The summed E-state index contributed by atoms with van der Waals surface area (Å²) < 4.78 is 1.57. The molecule has 3 N–H and O–H groups in total. The smallest absolute Gasteiger partial charge is 0.354 e. The number of nitrogens with zero attached hydrogens (tertiary/aromatic N) is 3. The first-order valence-electron chi connectivity index (χ1n) is 9.83. The van der Waals surface area contributed by atoms with Crippen LogP contribution in [0.1, 0.15) is 35.8 Å². The fourth-order valence-corrected chi connectivity index (χ4v) is 3.95. The zero-order chi connectivity index (χ0) is 22.3. The van der Waals surface area contributed by atoms with Gasteiger partial charge in [0.15, 0.2) is 5.69 Å². The molecule has 1 saturated carbocycles. The van der Waals surface area contributed by atoms with Crippen LogP contribution in [-0.4, -0.2) is 26.7 Å². The molecule has 0 spiro atoms. The molecule has 0 amide bonds. The summed E-state index contributed by atoms with van der Waals surface area (Å²) in [5.41, 5.74) is 2.05. The highest BCUT2D eigenvalue weighted by molar-refractivity contribution is 6.31. The van der Waals surface area contributed by atoms with Crippen LogP contribution < -0.4 is 16.2 Å². The summed E-state index contributed by atoms with van der Waals surface area (Å²) in [6.07, 6.45) is 2.16. The summed E-state index contributed by atoms with van der Waals surface area (Å²) in [7, 11) is 1.71. The predicted octanol–water partition coefficient (Wildman–Crippen LogP) is 4.11. The van der Waals surface area contributed by atoms with Gasteiger partial charge < -0.3 is 20.3 Å². The average Bonchev–Trinajstić information content (AvgIpc) is 3.49. The molecule has 0 radical (unpaired) electrons. The minimum atomic E-state index is -1.25. The van der Waals surface area contributed by atoms with Crippen LogP contribution in [0.25, 0.3) is 10.9 Å². The fourth-order valence-electron chi connectivity index (χ4n) is 3.72. The maximum atomic E-state index is 12.4. The van der Waals surface area contributed by atoms with Gasteiger partial charge in [0.05, 0.1) is 11.2 Å². The number of halogens is 1. The second-order valence-electron chi connectivity index (χ2n) is 7.60. The number of aromatic nitrogens is 2. The van der Waals surface area contributed by atoms with Crippen molar-refractivity contribution in [2.75, 3.05) is 10.6 Å². The molecular weight excluding hydrogens is 418 g/mol. The van der Waals surface area contributed by atoms with Gasteiger partial charge in [-0.1, -0.05) is 24.9 Å². The van der Waals surface area contributed by atoms with Crippen LogP contribution in [0.4, 0.5) is 17.1 Å². The van der Waals surface area contributed by atoms with E-state index in [1.165, 1.54) is 6.07 Å². The summed E-state index contributed by atoms with van der Waals surface area (Å²) in [4.78, 5) is 27.5. The van der Waals surface area contributed by atoms with Crippen LogP contribution in [-0.2, 0) is 7.05 Å². The quantitative estimate of drug-likeness (QED) is 0.496. The standard InChI is InChI=1S/C22H20ClN5O3/c1-3-11-6-15(11)26-17-9-20(29)28(2)19-5-4-12(7-13(17)19)25-16-8-18(22(30)31)27-21(23)14(16)10-24/h4-5,7-9,11,15,26H,3,6H2,1-2H3,(H,25,27)(H,30,31)/t11-,15-/m1/s1. The number of benzene rings is 1. The number of carboxylic acid groups (broad SMARTS) is 1. The van der Waals surface area contributed by atoms with Gasteiger partial charge in [-0.05, 0) is 36.6 Å². The van der Waals surface area contributed by atoms with E-state index in [1.807, 2.05) is 12.1 Å². The Labute approximate surface area is 183 Å². The Morgan fingerprint density at radius 3 is 2.77 bits per heavy atom. The molecule has 31 heavy (non-hydrogen) atoms. The van der Waals surface area contributed by atoms with Gasteiger partial charge in [-0.3, -0.25) is 4.79 Å². The molecule has 2 atom stereocenters. The third kappa shape index (κ3) is 3.92. The minimum absolute atomic E-state index is 0.0503. The Morgan fingerprint density at radius 2 is 2.13 bits per heavy atom. The first-order chi connectivity index (χ1) is 14.8. The molecule has 0 unspecified atom stereocenters. The number of carbonyl (C=O) groups is 1. The number of aryl methyl sites for hydroxylation is 1. The average molecular weight is 438 g/mol. The van der Waals surface area contributed by atoms with Gasteiger partial charge >= 0.3 is 5.97 Å². The van der Waals surface area contributed by atoms with E-state index in [9.17, 15) is 20.0 Å². The van der Waals surface area contributed by atoms with Crippen molar-refractivity contribution in [3.8, 4) is 6.07 Å². The van der Waals surface area contributed by atoms with Gasteiger partial charge in [0.2, 0.25) is 0 Å². The van der Waals surface area contributed by atoms with Crippen molar-refractivity contribution in [1.29, 1.82) is 5.26 Å². The molecule has 1 fully saturated rings. The highest BCUT2D eigenvalue weighted by Crippen LogP contribution is 2.38. The summed E-state index contributed by atoms with van der Waals surface area (Å²) in [6, 6.07) is 10.6. The van der Waals surface area contributed by atoms with Crippen molar-refractivity contribution in [3.05, 3.63) is 57.1 Å². The summed E-state index contributed by atoms with van der Waals surface area (Å²) >= 11 is 6.01. The highest BCUT2D eigenvalue weighted by Gasteiger charge is 2.35. The predicted molar refractivity (Wildman–Crippen MR) is 119 cm³/mol. The molecule has 2 aromatic heterocycles. The number of hydrogen-bond acceptors (Lipinski definition) is 6. The van der Waals surface area contributed by atoms with Crippen molar-refractivity contribution < 1.29 is 9.90 Å². The van der Waals surface area contributed by atoms with Crippen LogP contribution >= 0.6 is 11.6 Å². The Bertz CT molecular complexity index is 1310. The lowest BCUT2D eigenvalue weighted by molar-refractivity contribution is 0.0690. The lowest BCUT2D eigenvalue weighted by atomic mass is 10.1. The molecule has 0 aliphatic heterocycles. The summed E-state index contributed by atoms with van der Waals surface area (Å²) in [5.74, 6) is -0.642. The second kappa shape index (κ2) is 7.93. The van der Waals surface area contributed by atoms with Crippen LogP contribution in [0.2, 0.25) is 5.15 Å². The number of hydrogen-bond donors (Lipinski definition) is 3. The number of pyridine rings is 2. The van der Waals surface area contributed by atoms with E-state index in [0.29, 0.717) is 17.6 Å². The number of carboxylic acids is 1. The SMILES string of the molecule is CC[C@@H]1C[C@H]1Nc1cc(=O)n(C)c2ccc(Nc3cc(C(=O)O)nc(Cl)c3C#N)cc12. The maximum absolute atomic E-state index is 12.4. The summed E-state index contributed by atoms with van der Waals surface area (Å²) in [5, 5.41) is 25.9. The number of nitriles is 1. The van der Waals surface area contributed by atoms with E-state index in [4.69, 9.17) is 11.6 Å². The monoisotopic (exact) mass is 437 g/mol. The fraction of sp³-hybridized carbons (Fsp3) is 0.273. The number of anilines is 3. The van der Waals surface area contributed by atoms with Gasteiger partial charge in [-0.25, -0.2) is 9.78 Å². The summed E-state index contributed by atoms with van der Waals surface area (Å²) in [6.45, 7) is 2.15. The molecule has 8 nitrogen and oxygen atoms in total. The third-order valence-electron chi connectivity index (χ3n) is 5.62. The van der Waals surface area contributed by atoms with Crippen LogP contribution in [0.5, 0.6) is 0 Å². The second-order valence-corrected chi connectivity index (χ2v) is 7.96. The lowest BCUT2D eigenvalue weighted by Crippen LogP contribution is -2.18. The lowest BCUT2D eigenvalue weighted by Gasteiger charge is -2.15. The van der Waals surface area contributed by atoms with Gasteiger partial charge in [-0.15, -0.1) is 0 Å². The van der Waals surface area contributed by atoms with E-state index in [-0.39, 0.29) is 27.7 Å². The first-order valence-corrected chi connectivity index (χ1v) is 10.2. The minimum Gasteiger partial charge on any atom is -0.477 e. The van der Waals surface area contributed by atoms with Crippen LogP contribution in [0.3, 0.4) is 0 Å². The Kier molecular flexibility index (Phi) is 5.29. The molecule has 9 heteroatoms. The van der Waals surface area contributed by atoms with Crippen LogP contribution in [0, 0.1) is 17.2 Å². The van der Waals surface area contributed by atoms with E-state index < -0.39 is 5.97 Å². The molecule has 3 aromatic rings.